The third-order valence-corrected chi connectivity index (χ3v) is 2.51. The molecule has 0 amide bonds. The van der Waals surface area contributed by atoms with Crippen molar-refractivity contribution in [2.45, 2.75) is 13.3 Å². The number of aromatic nitrogens is 2. The number of methoxy groups -OCH3 is 1. The molecule has 0 saturated heterocycles. The molecule has 1 aromatic carbocycles. The molecule has 0 fully saturated rings. The summed E-state index contributed by atoms with van der Waals surface area (Å²) in [7, 11) is 1.51. The van der Waals surface area contributed by atoms with Crippen molar-refractivity contribution >= 4 is 16.8 Å². The molecule has 88 valence electrons. The molecule has 2 aromatic rings. The first-order valence-electron chi connectivity index (χ1n) is 5.43. The average molecular weight is 230 g/mol. The summed E-state index contributed by atoms with van der Waals surface area (Å²) in [6, 6.07) is 7.64. The Bertz CT molecular complexity index is 552. The van der Waals surface area contributed by atoms with Gasteiger partial charge in [-0.05, 0) is 19.1 Å². The summed E-state index contributed by atoms with van der Waals surface area (Å²) in [4.78, 5) is 20.4. The Kier molecular flexibility index (Phi) is 3.44. The molecule has 1 heterocycles. The van der Waals surface area contributed by atoms with Crippen molar-refractivity contribution in [2.24, 2.45) is 0 Å². The van der Waals surface area contributed by atoms with E-state index in [4.69, 9.17) is 4.74 Å². The van der Waals surface area contributed by atoms with Gasteiger partial charge in [0.05, 0.1) is 28.8 Å². The van der Waals surface area contributed by atoms with Crippen molar-refractivity contribution in [1.29, 1.82) is 0 Å². The van der Waals surface area contributed by atoms with Crippen LogP contribution in [0.5, 0.6) is 0 Å². The van der Waals surface area contributed by atoms with Gasteiger partial charge in [0.25, 0.3) is 0 Å². The van der Waals surface area contributed by atoms with Crippen LogP contribution in [0, 0.1) is 6.92 Å². The fourth-order valence-corrected chi connectivity index (χ4v) is 1.69. The summed E-state index contributed by atoms with van der Waals surface area (Å²) in [5.41, 5.74) is 3.20. The van der Waals surface area contributed by atoms with Gasteiger partial charge >= 0.3 is 0 Å². The molecule has 0 radical (unpaired) electrons. The molecular weight excluding hydrogens is 216 g/mol. The van der Waals surface area contributed by atoms with Gasteiger partial charge in [-0.15, -0.1) is 0 Å². The van der Waals surface area contributed by atoms with E-state index in [-0.39, 0.29) is 18.8 Å². The minimum atomic E-state index is 0.0141. The molecule has 1 aromatic heterocycles. The molecule has 2 rings (SSSR count). The van der Waals surface area contributed by atoms with Crippen molar-refractivity contribution in [1.82, 2.24) is 9.97 Å². The van der Waals surface area contributed by atoms with Gasteiger partial charge in [0.2, 0.25) is 0 Å². The highest BCUT2D eigenvalue weighted by Crippen LogP contribution is 2.12. The van der Waals surface area contributed by atoms with E-state index in [1.165, 1.54) is 7.11 Å². The molecule has 0 unspecified atom stereocenters. The number of ether oxygens (including phenoxy) is 1. The summed E-state index contributed by atoms with van der Waals surface area (Å²) < 4.78 is 4.81. The van der Waals surface area contributed by atoms with Crippen molar-refractivity contribution in [3.05, 3.63) is 35.7 Å². The molecular formula is C13H14N2O2. The third kappa shape index (κ3) is 2.65. The van der Waals surface area contributed by atoms with E-state index in [2.05, 4.69) is 9.97 Å². The molecule has 0 N–H and O–H groups in total. The SMILES string of the molecule is COCC(=O)Cc1nc2ccccc2nc1C. The molecule has 0 aliphatic rings. The van der Waals surface area contributed by atoms with Gasteiger partial charge in [0, 0.05) is 7.11 Å². The molecule has 0 bridgehead atoms. The lowest BCUT2D eigenvalue weighted by Gasteiger charge is -2.05. The highest BCUT2D eigenvalue weighted by molar-refractivity contribution is 5.82. The van der Waals surface area contributed by atoms with E-state index in [1.54, 1.807) is 0 Å². The largest absolute Gasteiger partial charge is 0.377 e. The second-order valence-electron chi connectivity index (χ2n) is 3.89. The number of Topliss-reactive ketones (excluding diaryl/α,β-unsaturated/α-hetero) is 1. The zero-order valence-corrected chi connectivity index (χ0v) is 9.93. The van der Waals surface area contributed by atoms with Crippen LogP contribution in [-0.2, 0) is 16.0 Å². The van der Waals surface area contributed by atoms with E-state index in [9.17, 15) is 4.79 Å². The van der Waals surface area contributed by atoms with Crippen molar-refractivity contribution in [3.63, 3.8) is 0 Å². The highest BCUT2D eigenvalue weighted by atomic mass is 16.5. The lowest BCUT2D eigenvalue weighted by atomic mass is 10.1. The first-order valence-corrected chi connectivity index (χ1v) is 5.43. The Morgan fingerprint density at radius 3 is 2.53 bits per heavy atom. The van der Waals surface area contributed by atoms with Gasteiger partial charge in [-0.25, -0.2) is 9.97 Å². The van der Waals surface area contributed by atoms with Crippen molar-refractivity contribution in [3.8, 4) is 0 Å². The minimum Gasteiger partial charge on any atom is -0.377 e. The Balaban J connectivity index is 2.34. The van der Waals surface area contributed by atoms with E-state index in [1.807, 2.05) is 31.2 Å². The second kappa shape index (κ2) is 5.01. The lowest BCUT2D eigenvalue weighted by Crippen LogP contribution is -2.12. The molecule has 0 spiro atoms. The van der Waals surface area contributed by atoms with Gasteiger partial charge in [-0.2, -0.15) is 0 Å². The summed E-state index contributed by atoms with van der Waals surface area (Å²) in [5, 5.41) is 0. The first kappa shape index (κ1) is 11.7. The topological polar surface area (TPSA) is 52.1 Å². The summed E-state index contributed by atoms with van der Waals surface area (Å²) in [5.74, 6) is 0.0141. The van der Waals surface area contributed by atoms with Crippen molar-refractivity contribution in [2.75, 3.05) is 13.7 Å². The maximum atomic E-state index is 11.5. The van der Waals surface area contributed by atoms with E-state index in [0.717, 1.165) is 22.4 Å². The maximum Gasteiger partial charge on any atom is 0.164 e. The number of carbonyl (C=O) groups is 1. The minimum absolute atomic E-state index is 0.0141. The van der Waals surface area contributed by atoms with Gasteiger partial charge < -0.3 is 4.74 Å². The smallest absolute Gasteiger partial charge is 0.164 e. The molecule has 4 heteroatoms. The fraction of sp³-hybridized carbons (Fsp3) is 0.308. The van der Waals surface area contributed by atoms with E-state index >= 15 is 0 Å². The zero-order valence-electron chi connectivity index (χ0n) is 9.93. The van der Waals surface area contributed by atoms with Crippen LogP contribution in [0.2, 0.25) is 0 Å². The number of ketones is 1. The fourth-order valence-electron chi connectivity index (χ4n) is 1.69. The molecule has 0 aliphatic heterocycles. The van der Waals surface area contributed by atoms with Crippen LogP contribution < -0.4 is 0 Å². The standard InChI is InChI=1S/C13H14N2O2/c1-9-13(7-10(16)8-17-2)15-12-6-4-3-5-11(12)14-9/h3-6H,7-8H2,1-2H3. The number of hydrogen-bond donors (Lipinski definition) is 0. The predicted octanol–water partition coefficient (Wildman–Crippen LogP) is 1.70. The van der Waals surface area contributed by atoms with Crippen LogP contribution in [0.4, 0.5) is 0 Å². The monoisotopic (exact) mass is 230 g/mol. The summed E-state index contributed by atoms with van der Waals surface area (Å²) in [6.45, 7) is 1.99. The van der Waals surface area contributed by atoms with Gasteiger partial charge in [0.1, 0.15) is 6.61 Å². The third-order valence-electron chi connectivity index (χ3n) is 2.51. The molecule has 0 saturated carbocycles. The molecule has 4 nitrogen and oxygen atoms in total. The van der Waals surface area contributed by atoms with Crippen molar-refractivity contribution < 1.29 is 9.53 Å². The number of rotatable bonds is 4. The number of nitrogens with zero attached hydrogens (tertiary/aromatic N) is 2. The summed E-state index contributed by atoms with van der Waals surface area (Å²) in [6.07, 6.45) is 0.275. The first-order chi connectivity index (χ1) is 8.20. The Morgan fingerprint density at radius 1 is 1.24 bits per heavy atom. The molecule has 0 atom stereocenters. The van der Waals surface area contributed by atoms with Gasteiger partial charge in [-0.1, -0.05) is 12.1 Å². The van der Waals surface area contributed by atoms with Crippen LogP contribution in [0.15, 0.2) is 24.3 Å². The van der Waals surface area contributed by atoms with Gasteiger partial charge in [0.15, 0.2) is 5.78 Å². The Labute approximate surface area is 99.7 Å². The maximum absolute atomic E-state index is 11.5. The van der Waals surface area contributed by atoms with Crippen LogP contribution >= 0.6 is 0 Å². The average Bonchev–Trinajstić information content (AvgIpc) is 2.30. The quantitative estimate of drug-likeness (QED) is 0.802. The highest BCUT2D eigenvalue weighted by Gasteiger charge is 2.09. The van der Waals surface area contributed by atoms with E-state index < -0.39 is 0 Å². The van der Waals surface area contributed by atoms with Crippen LogP contribution in [0.3, 0.4) is 0 Å². The Morgan fingerprint density at radius 2 is 1.88 bits per heavy atom. The number of para-hydroxylation sites is 2. The normalized spacial score (nSPS) is 10.7. The second-order valence-corrected chi connectivity index (χ2v) is 3.89. The van der Waals surface area contributed by atoms with E-state index in [0.29, 0.717) is 0 Å². The van der Waals surface area contributed by atoms with Crippen LogP contribution in [-0.4, -0.2) is 29.5 Å². The molecule has 0 aliphatic carbocycles. The predicted molar refractivity (Wildman–Crippen MR) is 64.9 cm³/mol. The zero-order chi connectivity index (χ0) is 12.3. The van der Waals surface area contributed by atoms with Crippen LogP contribution in [0.1, 0.15) is 11.4 Å². The molecule has 17 heavy (non-hydrogen) atoms. The van der Waals surface area contributed by atoms with Gasteiger partial charge in [-0.3, -0.25) is 4.79 Å². The summed E-state index contributed by atoms with van der Waals surface area (Å²) >= 11 is 0. The number of benzene rings is 1. The number of hydrogen-bond acceptors (Lipinski definition) is 4. The Hall–Kier alpha value is -1.81. The number of aryl methyl sites for hydroxylation is 1. The number of fused-ring (bicyclic) bond motifs is 1. The number of carbonyl (C=O) groups excluding carboxylic acids is 1. The van der Waals surface area contributed by atoms with Crippen LogP contribution in [0.25, 0.3) is 11.0 Å². The lowest BCUT2D eigenvalue weighted by molar-refractivity contribution is -0.122.